The molecule has 0 amide bonds. The molecule has 0 spiro atoms. The number of hydrogen-bond donors (Lipinski definition) is 1. The first-order chi connectivity index (χ1) is 13.7. The predicted octanol–water partition coefficient (Wildman–Crippen LogP) is 4.98. The molecule has 144 valence electrons. The van der Waals surface area contributed by atoms with Gasteiger partial charge in [0.25, 0.3) is 0 Å². The Labute approximate surface area is 165 Å². The average molecular weight is 377 g/mol. The minimum atomic E-state index is -0.216. The summed E-state index contributed by atoms with van der Waals surface area (Å²) in [5, 5.41) is 3.50. The highest BCUT2D eigenvalue weighted by Crippen LogP contribution is 2.36. The van der Waals surface area contributed by atoms with Crippen LogP contribution in [0.15, 0.2) is 66.7 Å². The molecule has 0 saturated heterocycles. The van der Waals surface area contributed by atoms with E-state index in [4.69, 9.17) is 9.47 Å². The van der Waals surface area contributed by atoms with Gasteiger partial charge in [-0.1, -0.05) is 42.5 Å². The first kappa shape index (κ1) is 18.5. The van der Waals surface area contributed by atoms with E-state index in [1.807, 2.05) is 36.4 Å². The van der Waals surface area contributed by atoms with E-state index in [0.717, 1.165) is 48.6 Å². The maximum Gasteiger partial charge on any atom is 0.164 e. The van der Waals surface area contributed by atoms with Gasteiger partial charge in [0.05, 0.1) is 7.11 Å². The monoisotopic (exact) mass is 377 g/mol. The third-order valence-electron chi connectivity index (χ3n) is 5.11. The highest BCUT2D eigenvalue weighted by atomic mass is 19.1. The molecule has 0 bridgehead atoms. The minimum absolute atomic E-state index is 0.129. The highest BCUT2D eigenvalue weighted by molar-refractivity contribution is 5.64. The van der Waals surface area contributed by atoms with Crippen molar-refractivity contribution in [1.29, 1.82) is 0 Å². The number of hydrogen-bond acceptors (Lipinski definition) is 3. The molecular weight excluding hydrogens is 353 g/mol. The number of ether oxygens (including phenoxy) is 2. The van der Waals surface area contributed by atoms with Crippen molar-refractivity contribution >= 4 is 0 Å². The molecule has 1 unspecified atom stereocenters. The fourth-order valence-electron chi connectivity index (χ4n) is 3.62. The van der Waals surface area contributed by atoms with Crippen LogP contribution in [0.3, 0.4) is 0 Å². The van der Waals surface area contributed by atoms with Gasteiger partial charge in [0.15, 0.2) is 11.5 Å². The number of benzene rings is 3. The number of nitrogens with one attached hydrogen (secondary N) is 1. The lowest BCUT2D eigenvalue weighted by molar-refractivity contribution is 0.163. The van der Waals surface area contributed by atoms with Crippen molar-refractivity contribution in [1.82, 2.24) is 5.32 Å². The first-order valence-electron chi connectivity index (χ1n) is 9.61. The quantitative estimate of drug-likeness (QED) is 0.657. The van der Waals surface area contributed by atoms with Gasteiger partial charge in [-0.05, 0) is 59.4 Å². The van der Waals surface area contributed by atoms with Crippen molar-refractivity contribution < 1.29 is 13.9 Å². The van der Waals surface area contributed by atoms with E-state index in [-0.39, 0.29) is 11.9 Å². The molecular formula is C24H24FNO2. The Morgan fingerprint density at radius 2 is 1.86 bits per heavy atom. The zero-order valence-electron chi connectivity index (χ0n) is 16.0. The number of methoxy groups -OCH3 is 1. The second-order valence-electron chi connectivity index (χ2n) is 7.07. The highest BCUT2D eigenvalue weighted by Gasteiger charge is 2.22. The Hall–Kier alpha value is -2.85. The Morgan fingerprint density at radius 3 is 2.68 bits per heavy atom. The molecule has 3 nitrogen and oxygen atoms in total. The van der Waals surface area contributed by atoms with Gasteiger partial charge in [0.1, 0.15) is 11.9 Å². The Bertz CT molecular complexity index is 925. The van der Waals surface area contributed by atoms with E-state index in [1.165, 1.54) is 23.3 Å². The summed E-state index contributed by atoms with van der Waals surface area (Å²) in [7, 11) is 1.68. The first-order valence-corrected chi connectivity index (χ1v) is 9.61. The normalized spacial score (nSPS) is 15.6. The second-order valence-corrected chi connectivity index (χ2v) is 7.07. The van der Waals surface area contributed by atoms with Crippen molar-refractivity contribution in [3.05, 3.63) is 83.7 Å². The second kappa shape index (κ2) is 8.44. The number of rotatable bonds is 6. The topological polar surface area (TPSA) is 30.5 Å². The number of para-hydroxylation sites is 1. The van der Waals surface area contributed by atoms with Crippen LogP contribution in [-0.2, 0) is 13.0 Å². The van der Waals surface area contributed by atoms with E-state index in [0.29, 0.717) is 0 Å². The zero-order valence-corrected chi connectivity index (χ0v) is 16.0. The number of fused-ring (bicyclic) bond motifs is 1. The van der Waals surface area contributed by atoms with Gasteiger partial charge in [-0.3, -0.25) is 0 Å². The third-order valence-corrected chi connectivity index (χ3v) is 5.11. The largest absolute Gasteiger partial charge is 0.493 e. The molecule has 28 heavy (non-hydrogen) atoms. The molecule has 4 rings (SSSR count). The predicted molar refractivity (Wildman–Crippen MR) is 109 cm³/mol. The lowest BCUT2D eigenvalue weighted by Crippen LogP contribution is -2.34. The summed E-state index contributed by atoms with van der Waals surface area (Å²) < 4.78 is 24.7. The average Bonchev–Trinajstić information content (AvgIpc) is 2.74. The van der Waals surface area contributed by atoms with Crippen LogP contribution >= 0.6 is 0 Å². The Kier molecular flexibility index (Phi) is 5.58. The van der Waals surface area contributed by atoms with E-state index in [1.54, 1.807) is 7.11 Å². The van der Waals surface area contributed by atoms with Gasteiger partial charge >= 0.3 is 0 Å². The molecule has 0 aliphatic carbocycles. The molecule has 3 aromatic carbocycles. The van der Waals surface area contributed by atoms with Crippen LogP contribution < -0.4 is 14.8 Å². The molecule has 4 heteroatoms. The molecule has 0 fully saturated rings. The summed E-state index contributed by atoms with van der Waals surface area (Å²) in [4.78, 5) is 0. The van der Waals surface area contributed by atoms with E-state index in [9.17, 15) is 4.39 Å². The summed E-state index contributed by atoms with van der Waals surface area (Å²) in [6.45, 7) is 1.53. The summed E-state index contributed by atoms with van der Waals surface area (Å²) in [5.74, 6) is 1.46. The number of halogens is 1. The summed E-state index contributed by atoms with van der Waals surface area (Å²) in [5.41, 5.74) is 4.51. The van der Waals surface area contributed by atoms with Crippen LogP contribution in [-0.4, -0.2) is 19.8 Å². The summed E-state index contributed by atoms with van der Waals surface area (Å²) in [6, 6.07) is 21.0. The molecule has 0 aromatic heterocycles. The van der Waals surface area contributed by atoms with E-state index in [2.05, 4.69) is 23.5 Å². The van der Waals surface area contributed by atoms with Gasteiger partial charge in [0, 0.05) is 13.1 Å². The van der Waals surface area contributed by atoms with Crippen LogP contribution in [0.25, 0.3) is 11.1 Å². The van der Waals surface area contributed by atoms with Gasteiger partial charge < -0.3 is 14.8 Å². The molecule has 3 aromatic rings. The summed E-state index contributed by atoms with van der Waals surface area (Å²) >= 11 is 0. The maximum atomic E-state index is 13.1. The lowest BCUT2D eigenvalue weighted by atomic mass is 10.0. The molecule has 0 saturated carbocycles. The van der Waals surface area contributed by atoms with Crippen molar-refractivity contribution in [3.63, 3.8) is 0 Å². The minimum Gasteiger partial charge on any atom is -0.493 e. The summed E-state index contributed by atoms with van der Waals surface area (Å²) in [6.07, 6.45) is 2.12. The smallest absolute Gasteiger partial charge is 0.164 e. The number of aryl methyl sites for hydroxylation is 1. The van der Waals surface area contributed by atoms with Gasteiger partial charge in [-0.25, -0.2) is 4.39 Å². The standard InChI is InChI=1S/C24H24FNO2/c1-27-23-7-3-5-19-10-13-22(28-24(19)23)16-26-15-17-4-2-6-20(14-17)18-8-11-21(25)12-9-18/h2-9,11-12,14,22,26H,10,13,15-16H2,1H3. The Morgan fingerprint density at radius 1 is 1.04 bits per heavy atom. The van der Waals surface area contributed by atoms with Gasteiger partial charge in [-0.15, -0.1) is 0 Å². The SMILES string of the molecule is COc1cccc2c1OC(CNCc1cccc(-c3ccc(F)cc3)c1)CC2. The molecule has 1 N–H and O–H groups in total. The van der Waals surface area contributed by atoms with Crippen LogP contribution in [0.5, 0.6) is 11.5 Å². The molecule has 1 atom stereocenters. The fraction of sp³-hybridized carbons (Fsp3) is 0.250. The molecule has 1 heterocycles. The van der Waals surface area contributed by atoms with Crippen molar-refractivity contribution in [2.75, 3.05) is 13.7 Å². The van der Waals surface area contributed by atoms with Crippen molar-refractivity contribution in [3.8, 4) is 22.6 Å². The van der Waals surface area contributed by atoms with Crippen LogP contribution in [0.2, 0.25) is 0 Å². The van der Waals surface area contributed by atoms with Crippen LogP contribution in [0, 0.1) is 5.82 Å². The van der Waals surface area contributed by atoms with Gasteiger partial charge in [-0.2, -0.15) is 0 Å². The van der Waals surface area contributed by atoms with Crippen LogP contribution in [0.4, 0.5) is 4.39 Å². The zero-order chi connectivity index (χ0) is 19.3. The maximum absolute atomic E-state index is 13.1. The van der Waals surface area contributed by atoms with Gasteiger partial charge in [0.2, 0.25) is 0 Å². The van der Waals surface area contributed by atoms with Crippen LogP contribution in [0.1, 0.15) is 17.5 Å². The molecule has 0 radical (unpaired) electrons. The van der Waals surface area contributed by atoms with E-state index < -0.39 is 0 Å². The van der Waals surface area contributed by atoms with E-state index >= 15 is 0 Å². The fourth-order valence-corrected chi connectivity index (χ4v) is 3.62. The third kappa shape index (κ3) is 4.18. The molecule has 1 aliphatic rings. The van der Waals surface area contributed by atoms with Crippen molar-refractivity contribution in [2.45, 2.75) is 25.5 Å². The Balaban J connectivity index is 1.36. The van der Waals surface area contributed by atoms with Crippen molar-refractivity contribution in [2.24, 2.45) is 0 Å². The lowest BCUT2D eigenvalue weighted by Gasteiger charge is -2.27. The molecule has 1 aliphatic heterocycles.